The Bertz CT molecular complexity index is 2420. The molecular formula is C44H32N2O. The second kappa shape index (κ2) is 10.6. The molecule has 0 unspecified atom stereocenters. The van der Waals surface area contributed by atoms with Crippen LogP contribution in [0, 0.1) is 0 Å². The van der Waals surface area contributed by atoms with Crippen LogP contribution in [0.1, 0.15) is 25.0 Å². The molecule has 0 radical (unpaired) electrons. The zero-order valence-electron chi connectivity index (χ0n) is 26.3. The number of nitrogens with zero attached hydrogens (tertiary/aromatic N) is 2. The van der Waals surface area contributed by atoms with Gasteiger partial charge in [0.05, 0.1) is 0 Å². The number of aromatic nitrogens is 1. The van der Waals surface area contributed by atoms with Crippen LogP contribution in [0.2, 0.25) is 0 Å². The fourth-order valence-electron chi connectivity index (χ4n) is 7.25. The Morgan fingerprint density at radius 2 is 1.13 bits per heavy atom. The molecule has 224 valence electrons. The van der Waals surface area contributed by atoms with Crippen LogP contribution >= 0.6 is 0 Å². The maximum atomic E-state index is 6.55. The summed E-state index contributed by atoms with van der Waals surface area (Å²) < 4.78 is 6.55. The number of fused-ring (bicyclic) bond motifs is 6. The number of anilines is 3. The lowest BCUT2D eigenvalue weighted by atomic mass is 9.82. The van der Waals surface area contributed by atoms with E-state index in [9.17, 15) is 0 Å². The molecule has 0 saturated carbocycles. The molecule has 1 aliphatic rings. The fourth-order valence-corrected chi connectivity index (χ4v) is 7.25. The van der Waals surface area contributed by atoms with Gasteiger partial charge in [0, 0.05) is 33.4 Å². The minimum Gasteiger partial charge on any atom is -0.435 e. The van der Waals surface area contributed by atoms with Gasteiger partial charge >= 0.3 is 0 Å². The first-order chi connectivity index (χ1) is 23.0. The van der Waals surface area contributed by atoms with E-state index in [1.807, 2.05) is 6.07 Å². The predicted molar refractivity (Wildman–Crippen MR) is 195 cm³/mol. The summed E-state index contributed by atoms with van der Waals surface area (Å²) in [5.41, 5.74) is 13.5. The molecule has 47 heavy (non-hydrogen) atoms. The van der Waals surface area contributed by atoms with Gasteiger partial charge in [-0.25, -0.2) is 4.98 Å². The highest BCUT2D eigenvalue weighted by Crippen LogP contribution is 2.50. The van der Waals surface area contributed by atoms with E-state index in [4.69, 9.17) is 9.40 Å². The zero-order valence-corrected chi connectivity index (χ0v) is 26.3. The van der Waals surface area contributed by atoms with Crippen molar-refractivity contribution in [1.82, 2.24) is 4.98 Å². The third kappa shape index (κ3) is 4.46. The molecule has 0 saturated heterocycles. The number of hydrogen-bond acceptors (Lipinski definition) is 3. The summed E-state index contributed by atoms with van der Waals surface area (Å²) >= 11 is 0. The van der Waals surface area contributed by atoms with E-state index in [0.717, 1.165) is 44.5 Å². The van der Waals surface area contributed by atoms with Crippen molar-refractivity contribution in [2.75, 3.05) is 4.90 Å². The van der Waals surface area contributed by atoms with Crippen molar-refractivity contribution in [2.45, 2.75) is 19.3 Å². The van der Waals surface area contributed by atoms with Gasteiger partial charge in [0.1, 0.15) is 5.52 Å². The van der Waals surface area contributed by atoms with Crippen LogP contribution < -0.4 is 4.90 Å². The Morgan fingerprint density at radius 1 is 0.511 bits per heavy atom. The number of oxazole rings is 1. The van der Waals surface area contributed by atoms with Gasteiger partial charge in [-0.2, -0.15) is 0 Å². The smallest absolute Gasteiger partial charge is 0.227 e. The van der Waals surface area contributed by atoms with E-state index in [0.29, 0.717) is 5.89 Å². The first-order valence-corrected chi connectivity index (χ1v) is 16.1. The minimum atomic E-state index is -0.0879. The van der Waals surface area contributed by atoms with Crippen molar-refractivity contribution in [2.24, 2.45) is 0 Å². The predicted octanol–water partition coefficient (Wildman–Crippen LogP) is 12.1. The standard InChI is InChI=1S/C44H32N2O/c1-44(2)39-16-10-9-15-36(39)37-25-24-35(28-40(37)44)46(33-13-7-4-8-14-33)34-23-21-31-22-26-41-42(38(31)27-34)47-43(45-41)32-19-17-30(18-20-32)29-11-5-3-6-12-29/h3-28H,1-2H3. The van der Waals surface area contributed by atoms with Gasteiger partial charge in [0.25, 0.3) is 0 Å². The minimum absolute atomic E-state index is 0.0879. The van der Waals surface area contributed by atoms with Gasteiger partial charge in [0.15, 0.2) is 5.58 Å². The summed E-state index contributed by atoms with van der Waals surface area (Å²) in [4.78, 5) is 7.27. The Balaban J connectivity index is 1.16. The van der Waals surface area contributed by atoms with Crippen LogP contribution in [0.25, 0.3) is 55.6 Å². The van der Waals surface area contributed by atoms with Crippen LogP contribution in [-0.4, -0.2) is 4.98 Å². The van der Waals surface area contributed by atoms with E-state index >= 15 is 0 Å². The number of para-hydroxylation sites is 1. The lowest BCUT2D eigenvalue weighted by Crippen LogP contribution is -2.16. The molecule has 0 spiro atoms. The van der Waals surface area contributed by atoms with Gasteiger partial charge in [-0.3, -0.25) is 0 Å². The number of rotatable bonds is 5. The van der Waals surface area contributed by atoms with Crippen LogP contribution in [0.4, 0.5) is 17.1 Å². The number of hydrogen-bond donors (Lipinski definition) is 0. The maximum Gasteiger partial charge on any atom is 0.227 e. The Morgan fingerprint density at radius 3 is 1.94 bits per heavy atom. The van der Waals surface area contributed by atoms with E-state index in [-0.39, 0.29) is 5.41 Å². The Hall–Kier alpha value is -5.93. The topological polar surface area (TPSA) is 29.3 Å². The molecule has 0 fully saturated rings. The summed E-state index contributed by atoms with van der Waals surface area (Å²) in [6.45, 7) is 4.66. The van der Waals surface area contributed by atoms with Crippen molar-refractivity contribution in [3.63, 3.8) is 0 Å². The Kier molecular flexibility index (Phi) is 6.16. The summed E-state index contributed by atoms with van der Waals surface area (Å²) in [7, 11) is 0. The molecule has 3 nitrogen and oxygen atoms in total. The SMILES string of the molecule is CC1(C)c2ccccc2-c2ccc(N(c3ccccc3)c3ccc4ccc5nc(-c6ccc(-c7ccccc7)cc6)oc5c4c3)cc21. The summed E-state index contributed by atoms with van der Waals surface area (Å²) in [6, 6.07) is 56.0. The van der Waals surface area contributed by atoms with Crippen molar-refractivity contribution in [1.29, 1.82) is 0 Å². The lowest BCUT2D eigenvalue weighted by Gasteiger charge is -2.28. The van der Waals surface area contributed by atoms with Crippen molar-refractivity contribution >= 4 is 38.9 Å². The average Bonchev–Trinajstić information content (AvgIpc) is 3.67. The zero-order chi connectivity index (χ0) is 31.5. The molecule has 0 N–H and O–H groups in total. The van der Waals surface area contributed by atoms with Crippen LogP contribution in [0.3, 0.4) is 0 Å². The summed E-state index contributed by atoms with van der Waals surface area (Å²) in [5, 5.41) is 2.15. The first-order valence-electron chi connectivity index (χ1n) is 16.1. The molecule has 1 aliphatic carbocycles. The molecular weight excluding hydrogens is 572 g/mol. The number of benzene rings is 7. The molecule has 0 atom stereocenters. The Labute approximate surface area is 274 Å². The largest absolute Gasteiger partial charge is 0.435 e. The van der Waals surface area contributed by atoms with E-state index in [2.05, 4.69) is 170 Å². The van der Waals surface area contributed by atoms with E-state index in [1.165, 1.54) is 33.4 Å². The van der Waals surface area contributed by atoms with Crippen molar-refractivity contribution < 1.29 is 4.42 Å². The molecule has 7 aromatic carbocycles. The average molecular weight is 605 g/mol. The summed E-state index contributed by atoms with van der Waals surface area (Å²) in [6.07, 6.45) is 0. The van der Waals surface area contributed by atoms with Gasteiger partial charge in [-0.15, -0.1) is 0 Å². The second-order valence-electron chi connectivity index (χ2n) is 12.9. The van der Waals surface area contributed by atoms with Gasteiger partial charge in [0.2, 0.25) is 5.89 Å². The fraction of sp³-hybridized carbons (Fsp3) is 0.0682. The van der Waals surface area contributed by atoms with Gasteiger partial charge in [-0.05, 0) is 93.4 Å². The maximum absolute atomic E-state index is 6.55. The monoisotopic (exact) mass is 604 g/mol. The quantitative estimate of drug-likeness (QED) is 0.196. The molecule has 0 aliphatic heterocycles. The third-order valence-corrected chi connectivity index (χ3v) is 9.69. The highest BCUT2D eigenvalue weighted by atomic mass is 16.3. The molecule has 0 bridgehead atoms. The van der Waals surface area contributed by atoms with Crippen molar-refractivity contribution in [3.8, 4) is 33.7 Å². The van der Waals surface area contributed by atoms with Crippen LogP contribution in [-0.2, 0) is 5.41 Å². The van der Waals surface area contributed by atoms with E-state index in [1.54, 1.807) is 0 Å². The summed E-state index contributed by atoms with van der Waals surface area (Å²) in [5.74, 6) is 0.623. The highest BCUT2D eigenvalue weighted by molar-refractivity contribution is 6.05. The molecule has 3 heteroatoms. The molecule has 1 aromatic heterocycles. The van der Waals surface area contributed by atoms with Gasteiger partial charge < -0.3 is 9.32 Å². The van der Waals surface area contributed by atoms with E-state index < -0.39 is 0 Å². The molecule has 8 aromatic rings. The van der Waals surface area contributed by atoms with Crippen LogP contribution in [0.15, 0.2) is 162 Å². The lowest BCUT2D eigenvalue weighted by molar-refractivity contribution is 0.623. The first kappa shape index (κ1) is 27.4. The molecule has 0 amide bonds. The third-order valence-electron chi connectivity index (χ3n) is 9.69. The van der Waals surface area contributed by atoms with Crippen LogP contribution in [0.5, 0.6) is 0 Å². The normalized spacial score (nSPS) is 13.1. The highest BCUT2D eigenvalue weighted by Gasteiger charge is 2.35. The molecule has 9 rings (SSSR count). The second-order valence-corrected chi connectivity index (χ2v) is 12.9. The van der Waals surface area contributed by atoms with Gasteiger partial charge in [-0.1, -0.05) is 117 Å². The van der Waals surface area contributed by atoms with Crippen molar-refractivity contribution in [3.05, 3.63) is 169 Å². The molecule has 1 heterocycles.